The van der Waals surface area contributed by atoms with E-state index in [0.717, 1.165) is 43.7 Å². The van der Waals surface area contributed by atoms with Crippen molar-refractivity contribution in [1.82, 2.24) is 5.32 Å². The second kappa shape index (κ2) is 8.53. The molecule has 0 saturated carbocycles. The Morgan fingerprint density at radius 2 is 2.11 bits per heavy atom. The summed E-state index contributed by atoms with van der Waals surface area (Å²) in [6.07, 6.45) is 2.89. The Hall–Kier alpha value is -1.55. The molecule has 0 aliphatic carbocycles. The first kappa shape index (κ1) is 15.5. The van der Waals surface area contributed by atoms with Gasteiger partial charge in [-0.15, -0.1) is 0 Å². The van der Waals surface area contributed by atoms with E-state index in [4.69, 9.17) is 9.84 Å². The van der Waals surface area contributed by atoms with Gasteiger partial charge in [-0.1, -0.05) is 12.1 Å². The van der Waals surface area contributed by atoms with Crippen LogP contribution in [0.2, 0.25) is 0 Å². The molecule has 0 unspecified atom stereocenters. The lowest BCUT2D eigenvalue weighted by Gasteiger charge is -2.08. The molecule has 0 atom stereocenters. The minimum absolute atomic E-state index is 0.263. The fourth-order valence-corrected chi connectivity index (χ4v) is 1.98. The van der Waals surface area contributed by atoms with Gasteiger partial charge in [-0.3, -0.25) is 4.79 Å². The molecule has 1 rings (SSSR count). The lowest BCUT2D eigenvalue weighted by atomic mass is 10.1. The van der Waals surface area contributed by atoms with Crippen molar-refractivity contribution < 1.29 is 14.6 Å². The summed E-state index contributed by atoms with van der Waals surface area (Å²) in [7, 11) is 1.68. The van der Waals surface area contributed by atoms with Crippen molar-refractivity contribution in [2.24, 2.45) is 0 Å². The highest BCUT2D eigenvalue weighted by Gasteiger charge is 2.00. The molecule has 0 amide bonds. The number of carboxylic acid groups (broad SMARTS) is 1. The van der Waals surface area contributed by atoms with Crippen LogP contribution < -0.4 is 10.1 Å². The van der Waals surface area contributed by atoms with Gasteiger partial charge < -0.3 is 15.2 Å². The van der Waals surface area contributed by atoms with Crippen LogP contribution in [0.15, 0.2) is 18.2 Å². The largest absolute Gasteiger partial charge is 0.496 e. The first-order valence-electron chi connectivity index (χ1n) is 6.69. The summed E-state index contributed by atoms with van der Waals surface area (Å²) < 4.78 is 5.23. The number of methoxy groups -OCH3 is 1. The summed E-state index contributed by atoms with van der Waals surface area (Å²) >= 11 is 0. The van der Waals surface area contributed by atoms with Gasteiger partial charge in [0, 0.05) is 6.42 Å². The van der Waals surface area contributed by atoms with E-state index in [-0.39, 0.29) is 6.42 Å². The number of benzene rings is 1. The van der Waals surface area contributed by atoms with Crippen LogP contribution in [0.4, 0.5) is 0 Å². The number of rotatable bonds is 9. The fraction of sp³-hybridized carbons (Fsp3) is 0.533. The topological polar surface area (TPSA) is 58.6 Å². The molecule has 0 aliphatic rings. The number of nitrogens with one attached hydrogen (secondary N) is 1. The lowest BCUT2D eigenvalue weighted by Crippen LogP contribution is -2.18. The van der Waals surface area contributed by atoms with Gasteiger partial charge in [-0.2, -0.15) is 0 Å². The van der Waals surface area contributed by atoms with E-state index in [1.165, 1.54) is 5.56 Å². The molecule has 0 fully saturated rings. The maximum absolute atomic E-state index is 10.3. The minimum Gasteiger partial charge on any atom is -0.496 e. The van der Waals surface area contributed by atoms with Gasteiger partial charge in [0.15, 0.2) is 0 Å². The molecule has 4 nitrogen and oxygen atoms in total. The first-order valence-corrected chi connectivity index (χ1v) is 6.69. The van der Waals surface area contributed by atoms with Crippen molar-refractivity contribution in [3.63, 3.8) is 0 Å². The predicted molar refractivity (Wildman–Crippen MR) is 75.8 cm³/mol. The number of hydrogen-bond acceptors (Lipinski definition) is 3. The third-order valence-corrected chi connectivity index (χ3v) is 3.04. The van der Waals surface area contributed by atoms with Crippen molar-refractivity contribution in [2.75, 3.05) is 20.2 Å². The molecule has 0 radical (unpaired) electrons. The molecule has 4 heteroatoms. The predicted octanol–water partition coefficient (Wildman–Crippen LogP) is 2.39. The van der Waals surface area contributed by atoms with Gasteiger partial charge in [0.2, 0.25) is 0 Å². The molecule has 19 heavy (non-hydrogen) atoms. The maximum atomic E-state index is 10.3. The van der Waals surface area contributed by atoms with Crippen LogP contribution in [-0.2, 0) is 11.2 Å². The van der Waals surface area contributed by atoms with Crippen molar-refractivity contribution in [3.8, 4) is 5.75 Å². The van der Waals surface area contributed by atoms with Gasteiger partial charge in [0.25, 0.3) is 0 Å². The third-order valence-electron chi connectivity index (χ3n) is 3.04. The van der Waals surface area contributed by atoms with Crippen LogP contribution in [0.3, 0.4) is 0 Å². The highest BCUT2D eigenvalue weighted by atomic mass is 16.5. The van der Waals surface area contributed by atoms with Crippen LogP contribution in [0, 0.1) is 6.92 Å². The SMILES string of the molecule is COc1ccc(CCNCCCCC(=O)O)cc1C. The van der Waals surface area contributed by atoms with Gasteiger partial charge >= 0.3 is 5.97 Å². The van der Waals surface area contributed by atoms with E-state index in [1.54, 1.807) is 7.11 Å². The average Bonchev–Trinajstić information content (AvgIpc) is 2.37. The summed E-state index contributed by atoms with van der Waals surface area (Å²) in [5.74, 6) is 0.207. The molecular weight excluding hydrogens is 242 g/mol. The Balaban J connectivity index is 2.15. The van der Waals surface area contributed by atoms with Gasteiger partial charge in [0.05, 0.1) is 7.11 Å². The Labute approximate surface area is 114 Å². The Bertz CT molecular complexity index is 404. The van der Waals surface area contributed by atoms with Gasteiger partial charge in [0.1, 0.15) is 5.75 Å². The number of carboxylic acids is 1. The molecular formula is C15H23NO3. The molecule has 0 aliphatic heterocycles. The minimum atomic E-state index is -0.714. The normalized spacial score (nSPS) is 10.4. The van der Waals surface area contributed by atoms with Crippen molar-refractivity contribution in [1.29, 1.82) is 0 Å². The van der Waals surface area contributed by atoms with Crippen molar-refractivity contribution in [3.05, 3.63) is 29.3 Å². The van der Waals surface area contributed by atoms with E-state index < -0.39 is 5.97 Å². The van der Waals surface area contributed by atoms with Crippen LogP contribution in [0.5, 0.6) is 5.75 Å². The van der Waals surface area contributed by atoms with E-state index in [1.807, 2.05) is 13.0 Å². The number of ether oxygens (including phenoxy) is 1. The summed E-state index contributed by atoms with van der Waals surface area (Å²) in [4.78, 5) is 10.3. The van der Waals surface area contributed by atoms with Crippen LogP contribution in [0.25, 0.3) is 0 Å². The number of carbonyl (C=O) groups is 1. The lowest BCUT2D eigenvalue weighted by molar-refractivity contribution is -0.137. The molecule has 106 valence electrons. The second-order valence-electron chi connectivity index (χ2n) is 4.65. The molecule has 0 heterocycles. The van der Waals surface area contributed by atoms with Crippen molar-refractivity contribution in [2.45, 2.75) is 32.6 Å². The van der Waals surface area contributed by atoms with Crippen LogP contribution in [-0.4, -0.2) is 31.3 Å². The summed E-state index contributed by atoms with van der Waals surface area (Å²) in [5.41, 5.74) is 2.44. The first-order chi connectivity index (χ1) is 9.13. The summed E-state index contributed by atoms with van der Waals surface area (Å²) in [5, 5.41) is 11.8. The zero-order valence-electron chi connectivity index (χ0n) is 11.7. The molecule has 0 spiro atoms. The number of aliphatic carboxylic acids is 1. The van der Waals surface area contributed by atoms with Gasteiger partial charge in [-0.25, -0.2) is 0 Å². The number of aryl methyl sites for hydroxylation is 1. The molecule has 0 aromatic heterocycles. The van der Waals surface area contributed by atoms with E-state index >= 15 is 0 Å². The Morgan fingerprint density at radius 3 is 2.74 bits per heavy atom. The summed E-state index contributed by atoms with van der Waals surface area (Å²) in [6.45, 7) is 3.84. The molecule has 0 saturated heterocycles. The monoisotopic (exact) mass is 265 g/mol. The van der Waals surface area contributed by atoms with Crippen LogP contribution >= 0.6 is 0 Å². The standard InChI is InChI=1S/C15H23NO3/c1-12-11-13(6-7-14(12)19-2)8-10-16-9-4-3-5-15(17)18/h6-7,11,16H,3-5,8-10H2,1-2H3,(H,17,18). The van der Waals surface area contributed by atoms with E-state index in [9.17, 15) is 4.79 Å². The van der Waals surface area contributed by atoms with Crippen molar-refractivity contribution >= 4 is 5.97 Å². The quantitative estimate of drug-likeness (QED) is 0.673. The van der Waals surface area contributed by atoms with Crippen LogP contribution in [0.1, 0.15) is 30.4 Å². The number of hydrogen-bond donors (Lipinski definition) is 2. The van der Waals surface area contributed by atoms with E-state index in [0.29, 0.717) is 0 Å². The molecule has 1 aromatic rings. The number of unbranched alkanes of at least 4 members (excludes halogenated alkanes) is 1. The van der Waals surface area contributed by atoms with E-state index in [2.05, 4.69) is 17.4 Å². The fourth-order valence-electron chi connectivity index (χ4n) is 1.98. The average molecular weight is 265 g/mol. The third kappa shape index (κ3) is 6.25. The zero-order chi connectivity index (χ0) is 14.1. The van der Waals surface area contributed by atoms with Gasteiger partial charge in [-0.05, 0) is 56.5 Å². The Kier molecular flexibility index (Phi) is 6.97. The molecule has 1 aromatic carbocycles. The highest BCUT2D eigenvalue weighted by molar-refractivity contribution is 5.66. The maximum Gasteiger partial charge on any atom is 0.303 e. The Morgan fingerprint density at radius 1 is 1.32 bits per heavy atom. The zero-order valence-corrected chi connectivity index (χ0v) is 11.7. The second-order valence-corrected chi connectivity index (χ2v) is 4.65. The smallest absolute Gasteiger partial charge is 0.303 e. The highest BCUT2D eigenvalue weighted by Crippen LogP contribution is 2.18. The molecule has 0 bridgehead atoms. The molecule has 2 N–H and O–H groups in total. The summed E-state index contributed by atoms with van der Waals surface area (Å²) in [6, 6.07) is 6.22.